The van der Waals surface area contributed by atoms with E-state index in [4.69, 9.17) is 0 Å². The molecule has 0 aromatic carbocycles. The summed E-state index contributed by atoms with van der Waals surface area (Å²) in [7, 11) is 2.06. The number of hydrogen-bond acceptors (Lipinski definition) is 1. The SMILES string of the molecule is C=C(C(C)C)C(CCCCCCCCC(C)C)NC. The monoisotopic (exact) mass is 267 g/mol. The lowest BCUT2D eigenvalue weighted by atomic mass is 9.93. The van der Waals surface area contributed by atoms with Gasteiger partial charge < -0.3 is 5.32 Å². The summed E-state index contributed by atoms with van der Waals surface area (Å²) < 4.78 is 0. The first kappa shape index (κ1) is 18.7. The Morgan fingerprint density at radius 1 is 0.842 bits per heavy atom. The van der Waals surface area contributed by atoms with Gasteiger partial charge in [0.05, 0.1) is 0 Å². The van der Waals surface area contributed by atoms with Gasteiger partial charge in [-0.2, -0.15) is 0 Å². The van der Waals surface area contributed by atoms with Crippen LogP contribution >= 0.6 is 0 Å². The van der Waals surface area contributed by atoms with Gasteiger partial charge >= 0.3 is 0 Å². The van der Waals surface area contributed by atoms with E-state index >= 15 is 0 Å². The van der Waals surface area contributed by atoms with Crippen LogP contribution in [0.25, 0.3) is 0 Å². The Morgan fingerprint density at radius 2 is 1.32 bits per heavy atom. The second kappa shape index (κ2) is 11.5. The van der Waals surface area contributed by atoms with E-state index in [2.05, 4.69) is 46.6 Å². The van der Waals surface area contributed by atoms with E-state index in [1.807, 2.05) is 0 Å². The third-order valence-electron chi connectivity index (χ3n) is 4.06. The van der Waals surface area contributed by atoms with Crippen LogP contribution in [0.5, 0.6) is 0 Å². The van der Waals surface area contributed by atoms with Crippen molar-refractivity contribution in [3.05, 3.63) is 12.2 Å². The molecule has 0 fully saturated rings. The standard InChI is InChI=1S/C18H37N/c1-15(2)13-11-9-7-8-10-12-14-18(19-6)17(5)16(3)4/h15-16,18-19H,5,7-14H2,1-4,6H3. The summed E-state index contributed by atoms with van der Waals surface area (Å²) in [6, 6.07) is 0.515. The molecule has 114 valence electrons. The molecule has 0 aromatic heterocycles. The van der Waals surface area contributed by atoms with Crippen molar-refractivity contribution in [1.82, 2.24) is 5.32 Å². The molecule has 0 heterocycles. The molecule has 0 aliphatic carbocycles. The third-order valence-corrected chi connectivity index (χ3v) is 4.06. The Labute approximate surface area is 122 Å². The molecular formula is C18H37N. The van der Waals surface area contributed by atoms with Crippen molar-refractivity contribution < 1.29 is 0 Å². The molecule has 0 saturated heterocycles. The lowest BCUT2D eigenvalue weighted by Gasteiger charge is -2.21. The molecule has 1 N–H and O–H groups in total. The van der Waals surface area contributed by atoms with Crippen LogP contribution in [-0.4, -0.2) is 13.1 Å². The van der Waals surface area contributed by atoms with Crippen molar-refractivity contribution in [2.75, 3.05) is 7.05 Å². The first-order chi connectivity index (χ1) is 8.99. The Balaban J connectivity index is 3.49. The second-order valence-electron chi connectivity index (χ2n) is 6.66. The smallest absolute Gasteiger partial charge is 0.0276 e. The molecule has 1 unspecified atom stereocenters. The van der Waals surface area contributed by atoms with Crippen molar-refractivity contribution in [2.45, 2.75) is 85.1 Å². The van der Waals surface area contributed by atoms with Crippen LogP contribution < -0.4 is 5.32 Å². The van der Waals surface area contributed by atoms with Crippen molar-refractivity contribution in [1.29, 1.82) is 0 Å². The molecule has 0 aliphatic heterocycles. The van der Waals surface area contributed by atoms with E-state index in [1.165, 1.54) is 56.9 Å². The fourth-order valence-corrected chi connectivity index (χ4v) is 2.53. The van der Waals surface area contributed by atoms with Gasteiger partial charge in [-0.05, 0) is 25.3 Å². The number of likely N-dealkylation sites (N-methyl/N-ethyl adjacent to an activating group) is 1. The molecule has 0 saturated carbocycles. The van der Waals surface area contributed by atoms with Crippen LogP contribution in [0.3, 0.4) is 0 Å². The lowest BCUT2D eigenvalue weighted by molar-refractivity contribution is 0.483. The molecule has 0 amide bonds. The fraction of sp³-hybridized carbons (Fsp3) is 0.889. The molecule has 0 aromatic rings. The van der Waals surface area contributed by atoms with Crippen molar-refractivity contribution >= 4 is 0 Å². The van der Waals surface area contributed by atoms with Gasteiger partial charge in [-0.1, -0.05) is 84.8 Å². The number of hydrogen-bond donors (Lipinski definition) is 1. The minimum Gasteiger partial charge on any atom is -0.313 e. The largest absolute Gasteiger partial charge is 0.313 e. The lowest BCUT2D eigenvalue weighted by Crippen LogP contribution is -2.28. The van der Waals surface area contributed by atoms with Gasteiger partial charge in [-0.15, -0.1) is 0 Å². The highest BCUT2D eigenvalue weighted by molar-refractivity contribution is 5.07. The maximum absolute atomic E-state index is 4.22. The van der Waals surface area contributed by atoms with Crippen LogP contribution in [0.4, 0.5) is 0 Å². The highest BCUT2D eigenvalue weighted by Gasteiger charge is 2.12. The van der Waals surface area contributed by atoms with E-state index in [9.17, 15) is 0 Å². The average Bonchev–Trinajstić information content (AvgIpc) is 2.36. The van der Waals surface area contributed by atoms with Gasteiger partial charge in [-0.25, -0.2) is 0 Å². The van der Waals surface area contributed by atoms with Crippen LogP contribution in [0.15, 0.2) is 12.2 Å². The van der Waals surface area contributed by atoms with Crippen LogP contribution in [0.2, 0.25) is 0 Å². The molecule has 0 spiro atoms. The summed E-state index contributed by atoms with van der Waals surface area (Å²) in [5.41, 5.74) is 1.36. The van der Waals surface area contributed by atoms with Gasteiger partial charge in [0, 0.05) is 6.04 Å². The predicted octanol–water partition coefficient (Wildman–Crippen LogP) is 5.56. The molecule has 1 heteroatoms. The van der Waals surface area contributed by atoms with E-state index < -0.39 is 0 Å². The summed E-state index contributed by atoms with van der Waals surface area (Å²) >= 11 is 0. The van der Waals surface area contributed by atoms with E-state index in [0.717, 1.165) is 5.92 Å². The summed E-state index contributed by atoms with van der Waals surface area (Å²) in [5.74, 6) is 1.46. The molecule has 0 rings (SSSR count). The van der Waals surface area contributed by atoms with Crippen molar-refractivity contribution in [3.8, 4) is 0 Å². The van der Waals surface area contributed by atoms with E-state index in [1.54, 1.807) is 0 Å². The first-order valence-electron chi connectivity index (χ1n) is 8.35. The minimum absolute atomic E-state index is 0.515. The van der Waals surface area contributed by atoms with E-state index in [0.29, 0.717) is 12.0 Å². The van der Waals surface area contributed by atoms with Crippen LogP contribution in [0, 0.1) is 11.8 Å². The Hall–Kier alpha value is -0.300. The molecule has 1 nitrogen and oxygen atoms in total. The highest BCUT2D eigenvalue weighted by atomic mass is 14.9. The Kier molecular flexibility index (Phi) is 11.3. The molecule has 19 heavy (non-hydrogen) atoms. The maximum Gasteiger partial charge on any atom is 0.0276 e. The van der Waals surface area contributed by atoms with Crippen molar-refractivity contribution in [3.63, 3.8) is 0 Å². The first-order valence-corrected chi connectivity index (χ1v) is 8.35. The average molecular weight is 268 g/mol. The van der Waals surface area contributed by atoms with Crippen molar-refractivity contribution in [2.24, 2.45) is 11.8 Å². The van der Waals surface area contributed by atoms with Gasteiger partial charge in [0.2, 0.25) is 0 Å². The zero-order chi connectivity index (χ0) is 14.7. The van der Waals surface area contributed by atoms with Gasteiger partial charge in [0.15, 0.2) is 0 Å². The summed E-state index contributed by atoms with van der Waals surface area (Å²) in [6.45, 7) is 13.3. The van der Waals surface area contributed by atoms with Gasteiger partial charge in [0.25, 0.3) is 0 Å². The summed E-state index contributed by atoms with van der Waals surface area (Å²) in [6.07, 6.45) is 11.0. The number of unbranched alkanes of at least 4 members (excludes halogenated alkanes) is 5. The Morgan fingerprint density at radius 3 is 1.74 bits per heavy atom. The maximum atomic E-state index is 4.22. The van der Waals surface area contributed by atoms with Crippen LogP contribution in [0.1, 0.15) is 79.1 Å². The molecule has 0 radical (unpaired) electrons. The third kappa shape index (κ3) is 10.2. The second-order valence-corrected chi connectivity index (χ2v) is 6.66. The zero-order valence-corrected chi connectivity index (χ0v) is 14.1. The minimum atomic E-state index is 0.515. The normalized spacial score (nSPS) is 13.2. The Bertz CT molecular complexity index is 218. The topological polar surface area (TPSA) is 12.0 Å². The number of rotatable bonds is 12. The molecular weight excluding hydrogens is 230 g/mol. The zero-order valence-electron chi connectivity index (χ0n) is 14.1. The fourth-order valence-electron chi connectivity index (χ4n) is 2.53. The molecule has 0 bridgehead atoms. The summed E-state index contributed by atoms with van der Waals surface area (Å²) in [4.78, 5) is 0. The molecule has 0 aliphatic rings. The van der Waals surface area contributed by atoms with Gasteiger partial charge in [-0.3, -0.25) is 0 Å². The highest BCUT2D eigenvalue weighted by Crippen LogP contribution is 2.18. The number of nitrogens with one attached hydrogen (secondary N) is 1. The predicted molar refractivity (Wildman–Crippen MR) is 88.6 cm³/mol. The summed E-state index contributed by atoms with van der Waals surface area (Å²) in [5, 5.41) is 3.41. The van der Waals surface area contributed by atoms with E-state index in [-0.39, 0.29) is 0 Å². The quantitative estimate of drug-likeness (QED) is 0.360. The van der Waals surface area contributed by atoms with Crippen LogP contribution in [-0.2, 0) is 0 Å². The molecule has 1 atom stereocenters. The van der Waals surface area contributed by atoms with Gasteiger partial charge in [0.1, 0.15) is 0 Å².